The number of hydrogen-bond acceptors (Lipinski definition) is 4. The summed E-state index contributed by atoms with van der Waals surface area (Å²) in [7, 11) is 0. The average Bonchev–Trinajstić information content (AvgIpc) is 2.55. The highest BCUT2D eigenvalue weighted by molar-refractivity contribution is 7.98. The van der Waals surface area contributed by atoms with E-state index in [-0.39, 0.29) is 18.5 Å². The lowest BCUT2D eigenvalue weighted by molar-refractivity contribution is -0.149. The first kappa shape index (κ1) is 17.7. The second-order valence-corrected chi connectivity index (χ2v) is 6.77. The fourth-order valence-electron chi connectivity index (χ4n) is 2.76. The van der Waals surface area contributed by atoms with Crippen LogP contribution in [0.4, 0.5) is 0 Å². The molecule has 1 fully saturated rings. The molecule has 0 bridgehead atoms. The van der Waals surface area contributed by atoms with Crippen LogP contribution in [-0.2, 0) is 9.59 Å². The van der Waals surface area contributed by atoms with Gasteiger partial charge >= 0.3 is 5.97 Å². The summed E-state index contributed by atoms with van der Waals surface area (Å²) in [4.78, 5) is 26.6. The zero-order valence-corrected chi connectivity index (χ0v) is 14.5. The van der Waals surface area contributed by atoms with E-state index in [0.29, 0.717) is 18.6 Å². The lowest BCUT2D eigenvalue weighted by Crippen LogP contribution is -2.51. The standard InChI is InChI=1S/C17H23NO4S/c1-11-4-5-13(17(20)21)10-18(11)16(19)12(2)22-14-6-8-15(23-3)9-7-14/h6-9,11-13H,4-5,10H2,1-3H3,(H,20,21). The van der Waals surface area contributed by atoms with Gasteiger partial charge in [0.05, 0.1) is 5.92 Å². The summed E-state index contributed by atoms with van der Waals surface area (Å²) in [6.45, 7) is 3.92. The molecule has 23 heavy (non-hydrogen) atoms. The molecule has 0 radical (unpaired) electrons. The van der Waals surface area contributed by atoms with Gasteiger partial charge in [0, 0.05) is 17.5 Å². The minimum absolute atomic E-state index is 0.0445. The van der Waals surface area contributed by atoms with Crippen LogP contribution >= 0.6 is 11.8 Å². The van der Waals surface area contributed by atoms with E-state index in [2.05, 4.69) is 0 Å². The topological polar surface area (TPSA) is 66.8 Å². The number of rotatable bonds is 5. The minimum atomic E-state index is -0.837. The van der Waals surface area contributed by atoms with E-state index in [1.54, 1.807) is 23.6 Å². The van der Waals surface area contributed by atoms with E-state index in [1.165, 1.54) is 0 Å². The predicted octanol–water partition coefficient (Wildman–Crippen LogP) is 2.89. The number of ether oxygens (including phenoxy) is 1. The number of carbonyl (C=O) groups excluding carboxylic acids is 1. The Bertz CT molecular complexity index is 560. The molecule has 6 heteroatoms. The van der Waals surface area contributed by atoms with Gasteiger partial charge in [-0.25, -0.2) is 0 Å². The van der Waals surface area contributed by atoms with Crippen LogP contribution in [0.25, 0.3) is 0 Å². The molecule has 1 aliphatic heterocycles. The Labute approximate surface area is 141 Å². The summed E-state index contributed by atoms with van der Waals surface area (Å²) in [5, 5.41) is 9.18. The summed E-state index contributed by atoms with van der Waals surface area (Å²) < 4.78 is 5.73. The maximum absolute atomic E-state index is 12.6. The maximum Gasteiger partial charge on any atom is 0.308 e. The third kappa shape index (κ3) is 4.41. The first-order valence-corrected chi connectivity index (χ1v) is 8.98. The number of nitrogens with zero attached hydrogens (tertiary/aromatic N) is 1. The molecular weight excluding hydrogens is 314 g/mol. The Morgan fingerprint density at radius 3 is 2.52 bits per heavy atom. The number of likely N-dealkylation sites (tertiary alicyclic amines) is 1. The molecule has 1 heterocycles. The molecule has 126 valence electrons. The lowest BCUT2D eigenvalue weighted by atomic mass is 9.93. The molecule has 5 nitrogen and oxygen atoms in total. The highest BCUT2D eigenvalue weighted by Crippen LogP contribution is 2.24. The Kier molecular flexibility index (Phi) is 5.93. The molecule has 3 atom stereocenters. The Morgan fingerprint density at radius 2 is 1.96 bits per heavy atom. The molecule has 1 amide bonds. The monoisotopic (exact) mass is 337 g/mol. The molecule has 2 rings (SSSR count). The van der Waals surface area contributed by atoms with Gasteiger partial charge in [0.25, 0.3) is 5.91 Å². The van der Waals surface area contributed by atoms with Gasteiger partial charge in [0.15, 0.2) is 6.10 Å². The highest BCUT2D eigenvalue weighted by atomic mass is 32.2. The van der Waals surface area contributed by atoms with Crippen LogP contribution in [0.1, 0.15) is 26.7 Å². The second-order valence-electron chi connectivity index (χ2n) is 5.89. The van der Waals surface area contributed by atoms with Crippen molar-refractivity contribution in [2.24, 2.45) is 5.92 Å². The summed E-state index contributed by atoms with van der Waals surface area (Å²) in [6, 6.07) is 7.62. The van der Waals surface area contributed by atoms with E-state index in [4.69, 9.17) is 4.74 Å². The molecule has 0 spiro atoms. The molecule has 1 aliphatic rings. The Morgan fingerprint density at radius 1 is 1.30 bits per heavy atom. The van der Waals surface area contributed by atoms with Crippen LogP contribution in [0.2, 0.25) is 0 Å². The molecule has 1 N–H and O–H groups in total. The number of aliphatic carboxylic acids is 1. The summed E-state index contributed by atoms with van der Waals surface area (Å²) in [5.74, 6) is -0.834. The fraction of sp³-hybridized carbons (Fsp3) is 0.529. The lowest BCUT2D eigenvalue weighted by Gasteiger charge is -2.37. The largest absolute Gasteiger partial charge is 0.481 e. The third-order valence-corrected chi connectivity index (χ3v) is 4.98. The van der Waals surface area contributed by atoms with Crippen molar-refractivity contribution >= 4 is 23.6 Å². The summed E-state index contributed by atoms with van der Waals surface area (Å²) in [6.07, 6.45) is 2.69. The van der Waals surface area contributed by atoms with Crippen molar-refractivity contribution in [3.63, 3.8) is 0 Å². The van der Waals surface area contributed by atoms with Gasteiger partial charge in [-0.3, -0.25) is 9.59 Å². The molecule has 3 unspecified atom stereocenters. The smallest absolute Gasteiger partial charge is 0.308 e. The van der Waals surface area contributed by atoms with Crippen LogP contribution in [0, 0.1) is 5.92 Å². The SMILES string of the molecule is CSc1ccc(OC(C)C(=O)N2CC(C(=O)O)CCC2C)cc1. The van der Waals surface area contributed by atoms with E-state index >= 15 is 0 Å². The average molecular weight is 337 g/mol. The van der Waals surface area contributed by atoms with Crippen molar-refractivity contribution in [3.05, 3.63) is 24.3 Å². The molecule has 0 saturated carbocycles. The second kappa shape index (κ2) is 7.73. The molecule has 1 aromatic carbocycles. The quantitative estimate of drug-likeness (QED) is 0.837. The Hall–Kier alpha value is -1.69. The molecule has 1 saturated heterocycles. The zero-order chi connectivity index (χ0) is 17.0. The van der Waals surface area contributed by atoms with Gasteiger partial charge in [-0.05, 0) is 57.2 Å². The summed E-state index contributed by atoms with van der Waals surface area (Å²) in [5.41, 5.74) is 0. The number of hydrogen-bond donors (Lipinski definition) is 1. The van der Waals surface area contributed by atoms with Crippen LogP contribution < -0.4 is 4.74 Å². The third-order valence-electron chi connectivity index (χ3n) is 4.23. The van der Waals surface area contributed by atoms with E-state index in [0.717, 1.165) is 4.90 Å². The van der Waals surface area contributed by atoms with Gasteiger partial charge in [-0.1, -0.05) is 0 Å². The van der Waals surface area contributed by atoms with E-state index in [1.807, 2.05) is 37.4 Å². The van der Waals surface area contributed by atoms with Crippen molar-refractivity contribution in [2.45, 2.75) is 43.7 Å². The normalized spacial score (nSPS) is 22.5. The minimum Gasteiger partial charge on any atom is -0.481 e. The van der Waals surface area contributed by atoms with Gasteiger partial charge in [-0.2, -0.15) is 0 Å². The van der Waals surface area contributed by atoms with Crippen molar-refractivity contribution in [1.82, 2.24) is 4.90 Å². The number of carbonyl (C=O) groups is 2. The van der Waals surface area contributed by atoms with Crippen LogP contribution in [-0.4, -0.2) is 46.8 Å². The summed E-state index contributed by atoms with van der Waals surface area (Å²) >= 11 is 1.64. The van der Waals surface area contributed by atoms with Crippen molar-refractivity contribution in [1.29, 1.82) is 0 Å². The first-order chi connectivity index (χ1) is 10.9. The van der Waals surface area contributed by atoms with E-state index < -0.39 is 18.0 Å². The van der Waals surface area contributed by atoms with Gasteiger partial charge in [0.2, 0.25) is 0 Å². The molecular formula is C17H23NO4S. The first-order valence-electron chi connectivity index (χ1n) is 7.76. The van der Waals surface area contributed by atoms with Crippen molar-refractivity contribution in [3.8, 4) is 5.75 Å². The highest BCUT2D eigenvalue weighted by Gasteiger charge is 2.34. The van der Waals surface area contributed by atoms with E-state index in [9.17, 15) is 14.7 Å². The number of carboxylic acids is 1. The van der Waals surface area contributed by atoms with Crippen molar-refractivity contribution in [2.75, 3.05) is 12.8 Å². The fourth-order valence-corrected chi connectivity index (χ4v) is 3.17. The number of benzene rings is 1. The van der Waals surface area contributed by atoms with Gasteiger partial charge in [0.1, 0.15) is 5.75 Å². The van der Waals surface area contributed by atoms with Crippen LogP contribution in [0.3, 0.4) is 0 Å². The number of carboxylic acid groups (broad SMARTS) is 1. The Balaban J connectivity index is 2.00. The zero-order valence-electron chi connectivity index (χ0n) is 13.7. The van der Waals surface area contributed by atoms with Gasteiger partial charge in [-0.15, -0.1) is 11.8 Å². The molecule has 0 aromatic heterocycles. The van der Waals surface area contributed by atoms with Crippen molar-refractivity contribution < 1.29 is 19.4 Å². The molecule has 1 aromatic rings. The van der Waals surface area contributed by atoms with Crippen LogP contribution in [0.5, 0.6) is 5.75 Å². The molecule has 0 aliphatic carbocycles. The maximum atomic E-state index is 12.6. The predicted molar refractivity (Wildman–Crippen MR) is 89.8 cm³/mol. The number of amides is 1. The number of piperidine rings is 1. The van der Waals surface area contributed by atoms with Crippen LogP contribution in [0.15, 0.2) is 29.2 Å². The van der Waals surface area contributed by atoms with Gasteiger partial charge < -0.3 is 14.7 Å². The number of thioether (sulfide) groups is 1.